The Bertz CT molecular complexity index is 289. The van der Waals surface area contributed by atoms with Gasteiger partial charge in [0.15, 0.2) is 0 Å². The summed E-state index contributed by atoms with van der Waals surface area (Å²) in [6, 6.07) is 0. The number of aliphatic carboxylic acids is 1. The Balaban J connectivity index is 4.03. The molecule has 5 nitrogen and oxygen atoms in total. The van der Waals surface area contributed by atoms with Gasteiger partial charge in [0.25, 0.3) is 0 Å². The van der Waals surface area contributed by atoms with Crippen molar-refractivity contribution in [3.05, 3.63) is 0 Å². The molecule has 0 saturated carbocycles. The predicted molar refractivity (Wildman–Crippen MR) is 53.5 cm³/mol. The van der Waals surface area contributed by atoms with Gasteiger partial charge in [-0.1, -0.05) is 20.8 Å². The van der Waals surface area contributed by atoms with E-state index in [2.05, 4.69) is 4.72 Å². The zero-order valence-electron chi connectivity index (χ0n) is 8.70. The summed E-state index contributed by atoms with van der Waals surface area (Å²) in [5.74, 6) is -1.47. The molecule has 14 heavy (non-hydrogen) atoms. The summed E-state index contributed by atoms with van der Waals surface area (Å²) >= 11 is 0. The van der Waals surface area contributed by atoms with Crippen LogP contribution in [0.4, 0.5) is 0 Å². The lowest BCUT2D eigenvalue weighted by molar-refractivity contribution is -0.136. The van der Waals surface area contributed by atoms with Crippen LogP contribution in [0.3, 0.4) is 0 Å². The van der Waals surface area contributed by atoms with Crippen molar-refractivity contribution in [3.8, 4) is 0 Å². The molecule has 0 spiro atoms. The molecular weight excluding hydrogens is 206 g/mol. The van der Waals surface area contributed by atoms with Gasteiger partial charge in [0.2, 0.25) is 10.0 Å². The van der Waals surface area contributed by atoms with Gasteiger partial charge in [0.1, 0.15) is 0 Å². The average Bonchev–Trinajstić information content (AvgIpc) is 1.97. The summed E-state index contributed by atoms with van der Waals surface area (Å²) in [6.07, 6.45) is -0.362. The smallest absolute Gasteiger partial charge is 0.304 e. The van der Waals surface area contributed by atoms with Gasteiger partial charge < -0.3 is 5.11 Å². The van der Waals surface area contributed by atoms with Gasteiger partial charge in [-0.2, -0.15) is 0 Å². The minimum absolute atomic E-state index is 0.143. The first-order chi connectivity index (χ1) is 6.12. The van der Waals surface area contributed by atoms with Crippen LogP contribution in [-0.4, -0.2) is 31.8 Å². The summed E-state index contributed by atoms with van der Waals surface area (Å²) in [5.41, 5.74) is -0.143. The van der Waals surface area contributed by atoms with E-state index in [4.69, 9.17) is 5.11 Å². The van der Waals surface area contributed by atoms with Crippen molar-refractivity contribution in [3.63, 3.8) is 0 Å². The third kappa shape index (κ3) is 8.00. The molecule has 0 aliphatic heterocycles. The zero-order chi connectivity index (χ0) is 11.4. The van der Waals surface area contributed by atoms with Crippen LogP contribution >= 0.6 is 0 Å². The van der Waals surface area contributed by atoms with Crippen molar-refractivity contribution < 1.29 is 18.3 Å². The van der Waals surface area contributed by atoms with Crippen molar-refractivity contribution >= 4 is 16.0 Å². The van der Waals surface area contributed by atoms with Crippen molar-refractivity contribution in [2.24, 2.45) is 5.41 Å². The molecule has 0 fully saturated rings. The lowest BCUT2D eigenvalue weighted by Crippen LogP contribution is -2.34. The molecule has 0 heterocycles. The first-order valence-corrected chi connectivity index (χ1v) is 5.97. The lowest BCUT2D eigenvalue weighted by Gasteiger charge is -2.18. The molecule has 84 valence electrons. The minimum Gasteiger partial charge on any atom is -0.481 e. The number of carboxylic acid groups (broad SMARTS) is 1. The number of sulfonamides is 1. The quantitative estimate of drug-likeness (QED) is 0.707. The van der Waals surface area contributed by atoms with Crippen LogP contribution < -0.4 is 4.72 Å². The summed E-state index contributed by atoms with van der Waals surface area (Å²) in [5, 5.41) is 8.31. The molecule has 0 radical (unpaired) electrons. The van der Waals surface area contributed by atoms with E-state index in [0.717, 1.165) is 0 Å². The molecule has 0 amide bonds. The molecule has 0 aromatic carbocycles. The number of hydrogen-bond acceptors (Lipinski definition) is 3. The van der Waals surface area contributed by atoms with Crippen LogP contribution in [0.1, 0.15) is 27.2 Å². The molecule has 0 aliphatic carbocycles. The topological polar surface area (TPSA) is 83.5 Å². The fourth-order valence-electron chi connectivity index (χ4n) is 0.620. The number of rotatable bonds is 5. The lowest BCUT2D eigenvalue weighted by atomic mass is 9.98. The molecule has 0 aromatic heterocycles. The average molecular weight is 223 g/mol. The van der Waals surface area contributed by atoms with Crippen LogP contribution in [0.2, 0.25) is 0 Å². The van der Waals surface area contributed by atoms with E-state index in [1.165, 1.54) is 0 Å². The predicted octanol–water partition coefficient (Wildman–Crippen LogP) is 0.427. The SMILES string of the molecule is CC(C)(C)CNS(=O)(=O)CCC(=O)O. The molecule has 0 unspecified atom stereocenters. The monoisotopic (exact) mass is 223 g/mol. The molecule has 0 rings (SSSR count). The van der Waals surface area contributed by atoms with E-state index in [1.807, 2.05) is 20.8 Å². The second-order valence-corrected chi connectivity index (χ2v) is 6.27. The van der Waals surface area contributed by atoms with E-state index in [0.29, 0.717) is 6.54 Å². The zero-order valence-corrected chi connectivity index (χ0v) is 9.52. The number of hydrogen-bond donors (Lipinski definition) is 2. The van der Waals surface area contributed by atoms with Gasteiger partial charge in [0.05, 0.1) is 12.2 Å². The molecule has 0 aromatic rings. The van der Waals surface area contributed by atoms with Gasteiger partial charge in [0, 0.05) is 6.54 Å². The second kappa shape index (κ2) is 4.75. The van der Waals surface area contributed by atoms with Gasteiger partial charge in [-0.15, -0.1) is 0 Å². The van der Waals surface area contributed by atoms with E-state index in [9.17, 15) is 13.2 Å². The standard InChI is InChI=1S/C8H17NO4S/c1-8(2,3)6-9-14(12,13)5-4-7(10)11/h9H,4-6H2,1-3H3,(H,10,11). The minimum atomic E-state index is -3.44. The van der Waals surface area contributed by atoms with Gasteiger partial charge >= 0.3 is 5.97 Å². The molecule has 0 bridgehead atoms. The summed E-state index contributed by atoms with van der Waals surface area (Å²) in [6.45, 7) is 6.00. The van der Waals surface area contributed by atoms with Crippen LogP contribution in [0.15, 0.2) is 0 Å². The largest absolute Gasteiger partial charge is 0.481 e. The van der Waals surface area contributed by atoms with E-state index < -0.39 is 16.0 Å². The maximum atomic E-state index is 11.2. The summed E-state index contributed by atoms with van der Waals surface area (Å²) in [4.78, 5) is 10.2. The van der Waals surface area contributed by atoms with Gasteiger partial charge in [-0.3, -0.25) is 4.79 Å². The van der Waals surface area contributed by atoms with Gasteiger partial charge in [-0.25, -0.2) is 13.1 Å². The van der Waals surface area contributed by atoms with Gasteiger partial charge in [-0.05, 0) is 5.41 Å². The number of carboxylic acids is 1. The highest BCUT2D eigenvalue weighted by Crippen LogP contribution is 2.10. The molecule has 6 heteroatoms. The molecule has 0 atom stereocenters. The van der Waals surface area contributed by atoms with Crippen molar-refractivity contribution in [2.45, 2.75) is 27.2 Å². The van der Waals surface area contributed by atoms with Crippen molar-refractivity contribution in [1.82, 2.24) is 4.72 Å². The molecule has 2 N–H and O–H groups in total. The Morgan fingerprint density at radius 1 is 1.36 bits per heavy atom. The Kier molecular flexibility index (Phi) is 4.54. The first kappa shape index (κ1) is 13.4. The van der Waals surface area contributed by atoms with Crippen LogP contribution in [0.25, 0.3) is 0 Å². The number of carbonyl (C=O) groups is 1. The first-order valence-electron chi connectivity index (χ1n) is 4.31. The third-order valence-corrected chi connectivity index (χ3v) is 2.73. The van der Waals surface area contributed by atoms with E-state index in [-0.39, 0.29) is 17.6 Å². The molecular formula is C8H17NO4S. The third-order valence-electron chi connectivity index (χ3n) is 1.41. The highest BCUT2D eigenvalue weighted by atomic mass is 32.2. The number of nitrogens with one attached hydrogen (secondary N) is 1. The maximum absolute atomic E-state index is 11.2. The Hall–Kier alpha value is -0.620. The summed E-state index contributed by atoms with van der Waals surface area (Å²) < 4.78 is 24.8. The maximum Gasteiger partial charge on any atom is 0.304 e. The Labute approximate surface area is 84.6 Å². The van der Waals surface area contributed by atoms with Crippen LogP contribution in [0, 0.1) is 5.41 Å². The fraction of sp³-hybridized carbons (Fsp3) is 0.875. The highest BCUT2D eigenvalue weighted by Gasteiger charge is 2.17. The van der Waals surface area contributed by atoms with Crippen molar-refractivity contribution in [1.29, 1.82) is 0 Å². The van der Waals surface area contributed by atoms with E-state index in [1.54, 1.807) is 0 Å². The normalized spacial score (nSPS) is 12.8. The summed E-state index contributed by atoms with van der Waals surface area (Å²) in [7, 11) is -3.44. The second-order valence-electron chi connectivity index (χ2n) is 4.34. The molecule has 0 saturated heterocycles. The van der Waals surface area contributed by atoms with E-state index >= 15 is 0 Å². The highest BCUT2D eigenvalue weighted by molar-refractivity contribution is 7.89. The fourth-order valence-corrected chi connectivity index (χ4v) is 1.86. The van der Waals surface area contributed by atoms with Crippen LogP contribution in [-0.2, 0) is 14.8 Å². The Morgan fingerprint density at radius 2 is 1.86 bits per heavy atom. The van der Waals surface area contributed by atoms with Crippen molar-refractivity contribution in [2.75, 3.05) is 12.3 Å². The van der Waals surface area contributed by atoms with Crippen LogP contribution in [0.5, 0.6) is 0 Å². The Morgan fingerprint density at radius 3 is 2.21 bits per heavy atom. The molecule has 0 aliphatic rings.